The Labute approximate surface area is 149 Å². The molecule has 0 radical (unpaired) electrons. The smallest absolute Gasteiger partial charge is 0.257 e. The number of aromatic nitrogens is 1. The van der Waals surface area contributed by atoms with E-state index < -0.39 is 0 Å². The Morgan fingerprint density at radius 1 is 1.12 bits per heavy atom. The largest absolute Gasteiger partial charge is 0.484 e. The first kappa shape index (κ1) is 16.7. The second-order valence-electron chi connectivity index (χ2n) is 5.35. The number of benzene rings is 2. The molecule has 0 bridgehead atoms. The number of rotatable bonds is 6. The Kier molecular flexibility index (Phi) is 5.28. The molecule has 2 aromatic carbocycles. The fourth-order valence-electron chi connectivity index (χ4n) is 2.49. The van der Waals surface area contributed by atoms with E-state index in [1.54, 1.807) is 18.2 Å². The van der Waals surface area contributed by atoms with E-state index in [0.717, 1.165) is 11.9 Å². The Balaban J connectivity index is 1.47. The maximum Gasteiger partial charge on any atom is 0.257 e. The van der Waals surface area contributed by atoms with E-state index in [4.69, 9.17) is 27.9 Å². The summed E-state index contributed by atoms with van der Waals surface area (Å²) in [4.78, 5) is 15.1. The van der Waals surface area contributed by atoms with E-state index in [1.165, 1.54) is 10.9 Å². The number of hydrogen-bond donors (Lipinski definition) is 2. The average Bonchev–Trinajstić information content (AvgIpc) is 2.96. The number of halogens is 2. The van der Waals surface area contributed by atoms with Crippen molar-refractivity contribution >= 4 is 40.0 Å². The number of para-hydroxylation sites is 1. The van der Waals surface area contributed by atoms with Crippen molar-refractivity contribution in [2.45, 2.75) is 6.42 Å². The number of H-pyrrole nitrogens is 1. The van der Waals surface area contributed by atoms with Crippen molar-refractivity contribution in [3.8, 4) is 5.75 Å². The first-order valence-corrected chi connectivity index (χ1v) is 8.28. The Hall–Kier alpha value is -2.17. The third kappa shape index (κ3) is 4.22. The predicted molar refractivity (Wildman–Crippen MR) is 97.0 cm³/mol. The quantitative estimate of drug-likeness (QED) is 0.689. The first-order valence-electron chi connectivity index (χ1n) is 7.52. The molecule has 0 atom stereocenters. The summed E-state index contributed by atoms with van der Waals surface area (Å²) in [5, 5.41) is 4.96. The van der Waals surface area contributed by atoms with Crippen LogP contribution in [0.25, 0.3) is 10.9 Å². The molecule has 1 aromatic heterocycles. The molecule has 3 rings (SSSR count). The van der Waals surface area contributed by atoms with Gasteiger partial charge in [0.2, 0.25) is 0 Å². The van der Waals surface area contributed by atoms with Crippen LogP contribution >= 0.6 is 23.2 Å². The van der Waals surface area contributed by atoms with Crippen LogP contribution < -0.4 is 10.1 Å². The van der Waals surface area contributed by atoms with Crippen LogP contribution in [0.2, 0.25) is 10.0 Å². The van der Waals surface area contributed by atoms with Gasteiger partial charge in [-0.05, 0) is 36.2 Å². The van der Waals surface area contributed by atoms with Crippen LogP contribution in [0, 0.1) is 0 Å². The molecule has 24 heavy (non-hydrogen) atoms. The molecule has 0 saturated carbocycles. The summed E-state index contributed by atoms with van der Waals surface area (Å²) in [6.07, 6.45) is 2.72. The third-order valence-corrected chi connectivity index (χ3v) is 4.03. The maximum absolute atomic E-state index is 11.9. The van der Waals surface area contributed by atoms with E-state index in [1.807, 2.05) is 24.4 Å². The zero-order valence-electron chi connectivity index (χ0n) is 12.8. The van der Waals surface area contributed by atoms with Gasteiger partial charge in [0.25, 0.3) is 5.91 Å². The summed E-state index contributed by atoms with van der Waals surface area (Å²) in [5.41, 5.74) is 2.27. The van der Waals surface area contributed by atoms with E-state index in [2.05, 4.69) is 16.4 Å². The minimum atomic E-state index is -0.189. The van der Waals surface area contributed by atoms with Gasteiger partial charge in [0.05, 0.1) is 0 Å². The summed E-state index contributed by atoms with van der Waals surface area (Å²) < 4.78 is 5.40. The summed E-state index contributed by atoms with van der Waals surface area (Å²) in [7, 11) is 0. The number of fused-ring (bicyclic) bond motifs is 1. The number of ether oxygens (including phenoxy) is 1. The summed E-state index contributed by atoms with van der Waals surface area (Å²) in [5.74, 6) is 0.283. The van der Waals surface area contributed by atoms with Crippen LogP contribution in [-0.2, 0) is 11.2 Å². The Bertz CT molecular complexity index is 841. The van der Waals surface area contributed by atoms with Gasteiger partial charge < -0.3 is 15.0 Å². The van der Waals surface area contributed by atoms with Crippen molar-refractivity contribution in [1.82, 2.24) is 10.3 Å². The topological polar surface area (TPSA) is 54.1 Å². The highest BCUT2D eigenvalue weighted by Crippen LogP contribution is 2.24. The fraction of sp³-hybridized carbons (Fsp3) is 0.167. The SMILES string of the molecule is O=C(COc1cc(Cl)cc(Cl)c1)NCCc1c[nH]c2ccccc12. The van der Waals surface area contributed by atoms with E-state index in [-0.39, 0.29) is 12.5 Å². The lowest BCUT2D eigenvalue weighted by Gasteiger charge is -2.08. The number of amides is 1. The second kappa shape index (κ2) is 7.60. The molecule has 1 amide bonds. The van der Waals surface area contributed by atoms with Crippen LogP contribution in [0.15, 0.2) is 48.7 Å². The molecule has 0 aliphatic rings. The molecule has 2 N–H and O–H groups in total. The van der Waals surface area contributed by atoms with Gasteiger partial charge in [-0.15, -0.1) is 0 Å². The third-order valence-electron chi connectivity index (χ3n) is 3.60. The molecule has 0 aliphatic heterocycles. The zero-order chi connectivity index (χ0) is 16.9. The predicted octanol–water partition coefficient (Wildman–Crippen LogP) is 4.21. The molecule has 6 heteroatoms. The summed E-state index contributed by atoms with van der Waals surface area (Å²) >= 11 is 11.8. The fourth-order valence-corrected chi connectivity index (χ4v) is 2.99. The second-order valence-corrected chi connectivity index (χ2v) is 6.23. The van der Waals surface area contributed by atoms with Crippen molar-refractivity contribution < 1.29 is 9.53 Å². The molecule has 4 nitrogen and oxygen atoms in total. The minimum absolute atomic E-state index is 0.0788. The van der Waals surface area contributed by atoms with Gasteiger partial charge in [-0.25, -0.2) is 0 Å². The maximum atomic E-state index is 11.9. The first-order chi connectivity index (χ1) is 11.6. The number of nitrogens with one attached hydrogen (secondary N) is 2. The highest BCUT2D eigenvalue weighted by atomic mass is 35.5. The highest BCUT2D eigenvalue weighted by molar-refractivity contribution is 6.34. The van der Waals surface area contributed by atoms with Crippen molar-refractivity contribution in [2.75, 3.05) is 13.2 Å². The van der Waals surface area contributed by atoms with Crippen LogP contribution in [0.3, 0.4) is 0 Å². The molecule has 3 aromatic rings. The van der Waals surface area contributed by atoms with Crippen LogP contribution in [0.4, 0.5) is 0 Å². The van der Waals surface area contributed by atoms with Gasteiger partial charge in [-0.3, -0.25) is 4.79 Å². The van der Waals surface area contributed by atoms with Gasteiger partial charge in [0.1, 0.15) is 5.75 Å². The lowest BCUT2D eigenvalue weighted by atomic mass is 10.1. The lowest BCUT2D eigenvalue weighted by Crippen LogP contribution is -2.30. The monoisotopic (exact) mass is 362 g/mol. The number of carbonyl (C=O) groups excluding carboxylic acids is 1. The molecule has 1 heterocycles. The van der Waals surface area contributed by atoms with Crippen LogP contribution in [0.5, 0.6) is 5.75 Å². The molecule has 0 fully saturated rings. The molecule has 0 aliphatic carbocycles. The average molecular weight is 363 g/mol. The minimum Gasteiger partial charge on any atom is -0.484 e. The van der Waals surface area contributed by atoms with Crippen LogP contribution in [-0.4, -0.2) is 24.0 Å². The molecule has 0 spiro atoms. The standard InChI is InChI=1S/C18H16Cl2N2O2/c19-13-7-14(20)9-15(8-13)24-11-18(23)21-6-5-12-10-22-17-4-2-1-3-16(12)17/h1-4,7-10,22H,5-6,11H2,(H,21,23). The van der Waals surface area contributed by atoms with Crippen molar-refractivity contribution in [1.29, 1.82) is 0 Å². The van der Waals surface area contributed by atoms with E-state index >= 15 is 0 Å². The lowest BCUT2D eigenvalue weighted by molar-refractivity contribution is -0.123. The van der Waals surface area contributed by atoms with Crippen molar-refractivity contribution in [3.63, 3.8) is 0 Å². The summed E-state index contributed by atoms with van der Waals surface area (Å²) in [6, 6.07) is 12.9. The van der Waals surface area contributed by atoms with E-state index in [0.29, 0.717) is 22.3 Å². The number of hydrogen-bond acceptors (Lipinski definition) is 2. The molecule has 0 unspecified atom stereocenters. The van der Waals surface area contributed by atoms with Crippen LogP contribution in [0.1, 0.15) is 5.56 Å². The summed E-state index contributed by atoms with van der Waals surface area (Å²) in [6.45, 7) is 0.463. The van der Waals surface area contributed by atoms with Gasteiger partial charge in [0, 0.05) is 33.7 Å². The van der Waals surface area contributed by atoms with Gasteiger partial charge in [-0.1, -0.05) is 41.4 Å². The Morgan fingerprint density at radius 3 is 2.67 bits per heavy atom. The van der Waals surface area contributed by atoms with Gasteiger partial charge in [-0.2, -0.15) is 0 Å². The number of carbonyl (C=O) groups is 1. The highest BCUT2D eigenvalue weighted by Gasteiger charge is 2.06. The molecular formula is C18H16Cl2N2O2. The van der Waals surface area contributed by atoms with Crippen molar-refractivity contribution in [2.24, 2.45) is 0 Å². The van der Waals surface area contributed by atoms with Crippen molar-refractivity contribution in [3.05, 3.63) is 64.3 Å². The Morgan fingerprint density at radius 2 is 1.88 bits per heavy atom. The molecular weight excluding hydrogens is 347 g/mol. The van der Waals surface area contributed by atoms with E-state index in [9.17, 15) is 4.79 Å². The van der Waals surface area contributed by atoms with Gasteiger partial charge in [0.15, 0.2) is 6.61 Å². The zero-order valence-corrected chi connectivity index (χ0v) is 14.3. The molecule has 0 saturated heterocycles. The number of aromatic amines is 1. The normalized spacial score (nSPS) is 10.8. The van der Waals surface area contributed by atoms with Gasteiger partial charge >= 0.3 is 0 Å². The molecule has 124 valence electrons.